The minimum atomic E-state index is -2.59. The molecular formula is C8H10F2N4O2. The molecule has 0 bridgehead atoms. The van der Waals surface area contributed by atoms with Crippen molar-refractivity contribution in [2.75, 3.05) is 5.32 Å². The van der Waals surface area contributed by atoms with Gasteiger partial charge in [-0.25, -0.2) is 18.3 Å². The van der Waals surface area contributed by atoms with Crippen LogP contribution in [0.15, 0.2) is 0 Å². The van der Waals surface area contributed by atoms with Gasteiger partial charge in [0.25, 0.3) is 12.2 Å². The van der Waals surface area contributed by atoms with Gasteiger partial charge in [-0.05, 0) is 13.3 Å². The summed E-state index contributed by atoms with van der Waals surface area (Å²) < 4.78 is 26.4. The fraction of sp³-hybridized carbons (Fsp3) is 0.625. The number of anilines is 1. The molecule has 0 saturated carbocycles. The van der Waals surface area contributed by atoms with Crippen molar-refractivity contribution in [1.29, 1.82) is 0 Å². The summed E-state index contributed by atoms with van der Waals surface area (Å²) in [6.07, 6.45) is -2.40. The Morgan fingerprint density at radius 3 is 2.94 bits per heavy atom. The van der Waals surface area contributed by atoms with E-state index in [1.165, 1.54) is 0 Å². The Balaban J connectivity index is 2.41. The van der Waals surface area contributed by atoms with Crippen LogP contribution in [-0.4, -0.2) is 38.3 Å². The number of hydrogen-bond donors (Lipinski definition) is 2. The molecule has 0 fully saturated rings. The van der Waals surface area contributed by atoms with Crippen LogP contribution in [0.2, 0.25) is 0 Å². The van der Waals surface area contributed by atoms with E-state index in [9.17, 15) is 13.6 Å². The van der Waals surface area contributed by atoms with E-state index >= 15 is 0 Å². The van der Waals surface area contributed by atoms with Crippen molar-refractivity contribution in [2.45, 2.75) is 31.9 Å². The average Bonchev–Trinajstić information content (AvgIpc) is 2.59. The van der Waals surface area contributed by atoms with Crippen LogP contribution in [0.3, 0.4) is 0 Å². The van der Waals surface area contributed by atoms with Crippen molar-refractivity contribution < 1.29 is 18.7 Å². The number of aromatic carboxylic acids is 1. The van der Waals surface area contributed by atoms with Crippen LogP contribution in [0.5, 0.6) is 0 Å². The normalized spacial score (nSPS) is 24.0. The van der Waals surface area contributed by atoms with E-state index in [-0.39, 0.29) is 18.4 Å². The Bertz CT molecular complexity index is 420. The molecule has 1 aromatic rings. The van der Waals surface area contributed by atoms with Gasteiger partial charge in [-0.2, -0.15) is 4.98 Å². The molecule has 88 valence electrons. The van der Waals surface area contributed by atoms with Crippen LogP contribution in [0.1, 0.15) is 30.0 Å². The first-order valence-corrected chi connectivity index (χ1v) is 4.73. The first-order chi connectivity index (χ1) is 7.49. The molecule has 0 aliphatic carbocycles. The van der Waals surface area contributed by atoms with Gasteiger partial charge in [0.05, 0.1) is 0 Å². The van der Waals surface area contributed by atoms with Gasteiger partial charge in [-0.1, -0.05) is 0 Å². The van der Waals surface area contributed by atoms with Crippen molar-refractivity contribution in [3.63, 3.8) is 0 Å². The molecule has 2 N–H and O–H groups in total. The Kier molecular flexibility index (Phi) is 2.49. The average molecular weight is 232 g/mol. The number of rotatable bonds is 2. The fourth-order valence-corrected chi connectivity index (χ4v) is 1.69. The third kappa shape index (κ3) is 1.70. The second-order valence-corrected chi connectivity index (χ2v) is 3.69. The number of nitrogens with zero attached hydrogens (tertiary/aromatic N) is 3. The van der Waals surface area contributed by atoms with E-state index in [1.807, 2.05) is 0 Å². The monoisotopic (exact) mass is 232 g/mol. The number of nitrogens with one attached hydrogen (secondary N) is 1. The summed E-state index contributed by atoms with van der Waals surface area (Å²) in [5, 5.41) is 15.0. The van der Waals surface area contributed by atoms with Crippen LogP contribution in [0, 0.1) is 0 Å². The Labute approximate surface area is 89.3 Å². The quantitative estimate of drug-likeness (QED) is 0.794. The second kappa shape index (κ2) is 3.69. The maximum atomic E-state index is 12.7. The van der Waals surface area contributed by atoms with Gasteiger partial charge in [0.15, 0.2) is 0 Å². The summed E-state index contributed by atoms with van der Waals surface area (Å²) in [5.41, 5.74) is 0. The lowest BCUT2D eigenvalue weighted by Crippen LogP contribution is -2.33. The van der Waals surface area contributed by atoms with Crippen molar-refractivity contribution in [1.82, 2.24) is 14.8 Å². The third-order valence-corrected chi connectivity index (χ3v) is 2.40. The lowest BCUT2D eigenvalue weighted by atomic mass is 10.1. The molecular weight excluding hydrogens is 222 g/mol. The standard InChI is InChI=1S/C8H10F2N4O2/c1-3-2-4(5(9)10)14-8(11-3)12-6(13-14)7(15)16/h3-5H,2H2,1H3,(H,15,16)(H,11,12,13)/t3-,4+/m0/s1. The van der Waals surface area contributed by atoms with Crippen molar-refractivity contribution in [2.24, 2.45) is 0 Å². The molecule has 8 heteroatoms. The fourth-order valence-electron chi connectivity index (χ4n) is 1.69. The van der Waals surface area contributed by atoms with Crippen LogP contribution in [-0.2, 0) is 0 Å². The molecule has 2 rings (SSSR count). The van der Waals surface area contributed by atoms with Crippen molar-refractivity contribution in [3.8, 4) is 0 Å². The number of carboxylic acids is 1. The van der Waals surface area contributed by atoms with Gasteiger partial charge in [0, 0.05) is 6.04 Å². The third-order valence-electron chi connectivity index (χ3n) is 2.40. The highest BCUT2D eigenvalue weighted by molar-refractivity contribution is 5.83. The lowest BCUT2D eigenvalue weighted by molar-refractivity contribution is 0.0630. The first kappa shape index (κ1) is 10.8. The summed E-state index contributed by atoms with van der Waals surface area (Å²) in [7, 11) is 0. The smallest absolute Gasteiger partial charge is 0.375 e. The minimum absolute atomic E-state index is 0.0847. The summed E-state index contributed by atoms with van der Waals surface area (Å²) in [6, 6.07) is -1.30. The highest BCUT2D eigenvalue weighted by Crippen LogP contribution is 2.29. The molecule has 0 unspecified atom stereocenters. The zero-order chi connectivity index (χ0) is 11.9. The molecule has 6 nitrogen and oxygen atoms in total. The summed E-state index contributed by atoms with van der Waals surface area (Å²) >= 11 is 0. The predicted molar refractivity (Wildman–Crippen MR) is 49.7 cm³/mol. The topological polar surface area (TPSA) is 80.0 Å². The molecule has 0 saturated heterocycles. The molecule has 1 aliphatic heterocycles. The zero-order valence-corrected chi connectivity index (χ0v) is 8.39. The largest absolute Gasteiger partial charge is 0.475 e. The number of hydrogen-bond acceptors (Lipinski definition) is 4. The van der Waals surface area contributed by atoms with E-state index in [4.69, 9.17) is 5.11 Å². The molecule has 2 atom stereocenters. The number of halogens is 2. The number of aromatic nitrogens is 3. The second-order valence-electron chi connectivity index (χ2n) is 3.69. The molecule has 0 amide bonds. The van der Waals surface area contributed by atoms with E-state index in [1.54, 1.807) is 6.92 Å². The van der Waals surface area contributed by atoms with Crippen LogP contribution in [0.4, 0.5) is 14.7 Å². The van der Waals surface area contributed by atoms with Crippen LogP contribution in [0.25, 0.3) is 0 Å². The van der Waals surface area contributed by atoms with E-state index in [0.717, 1.165) is 4.68 Å². The van der Waals surface area contributed by atoms with Gasteiger partial charge >= 0.3 is 5.97 Å². The van der Waals surface area contributed by atoms with Gasteiger partial charge in [0.2, 0.25) is 5.95 Å². The zero-order valence-electron chi connectivity index (χ0n) is 8.39. The van der Waals surface area contributed by atoms with E-state index in [0.29, 0.717) is 0 Å². The number of carboxylic acid groups (broad SMARTS) is 1. The van der Waals surface area contributed by atoms with Gasteiger partial charge in [0.1, 0.15) is 6.04 Å². The minimum Gasteiger partial charge on any atom is -0.475 e. The molecule has 2 heterocycles. The predicted octanol–water partition coefficient (Wildman–Crippen LogP) is 0.987. The number of fused-ring (bicyclic) bond motifs is 1. The summed E-state index contributed by atoms with van der Waals surface area (Å²) in [4.78, 5) is 14.3. The van der Waals surface area contributed by atoms with E-state index < -0.39 is 24.3 Å². The van der Waals surface area contributed by atoms with Gasteiger partial charge in [-0.15, -0.1) is 5.10 Å². The maximum absolute atomic E-state index is 12.7. The number of carbonyl (C=O) groups is 1. The van der Waals surface area contributed by atoms with Crippen LogP contribution >= 0.6 is 0 Å². The molecule has 1 aliphatic rings. The Hall–Kier alpha value is -1.73. The molecule has 1 aromatic heterocycles. The highest BCUT2D eigenvalue weighted by Gasteiger charge is 2.33. The van der Waals surface area contributed by atoms with E-state index in [2.05, 4.69) is 15.4 Å². The summed E-state index contributed by atoms with van der Waals surface area (Å²) in [5.74, 6) is -1.71. The van der Waals surface area contributed by atoms with Gasteiger partial charge < -0.3 is 10.4 Å². The van der Waals surface area contributed by atoms with Gasteiger partial charge in [-0.3, -0.25) is 0 Å². The first-order valence-electron chi connectivity index (χ1n) is 4.73. The maximum Gasteiger partial charge on any atom is 0.375 e. The molecule has 16 heavy (non-hydrogen) atoms. The van der Waals surface area contributed by atoms with Crippen molar-refractivity contribution >= 4 is 11.9 Å². The molecule has 0 spiro atoms. The summed E-state index contributed by atoms with van der Waals surface area (Å²) in [6.45, 7) is 1.73. The Morgan fingerprint density at radius 2 is 2.38 bits per heavy atom. The Morgan fingerprint density at radius 1 is 1.69 bits per heavy atom. The SMILES string of the molecule is C[C@H]1C[C@H](C(F)F)n2nc(C(=O)O)nc2N1. The molecule has 0 radical (unpaired) electrons. The van der Waals surface area contributed by atoms with Crippen molar-refractivity contribution in [3.05, 3.63) is 5.82 Å². The lowest BCUT2D eigenvalue weighted by Gasteiger charge is -2.28. The molecule has 0 aromatic carbocycles. The number of alkyl halides is 2. The van der Waals surface area contributed by atoms with Crippen LogP contribution < -0.4 is 5.32 Å². The highest BCUT2D eigenvalue weighted by atomic mass is 19.3.